The van der Waals surface area contributed by atoms with Gasteiger partial charge in [-0.25, -0.2) is 9.97 Å². The molecule has 0 fully saturated rings. The highest BCUT2D eigenvalue weighted by Gasteiger charge is 2.12. The molecule has 4 heterocycles. The van der Waals surface area contributed by atoms with Crippen LogP contribution in [0, 0.1) is 0 Å². The third-order valence-electron chi connectivity index (χ3n) is 6.45. The van der Waals surface area contributed by atoms with Gasteiger partial charge >= 0.3 is 0 Å². The molecule has 0 N–H and O–H groups in total. The third kappa shape index (κ3) is 3.38. The Bertz CT molecular complexity index is 1840. The lowest BCUT2D eigenvalue weighted by Crippen LogP contribution is -1.91. The van der Waals surface area contributed by atoms with Crippen LogP contribution in [0.25, 0.3) is 66.1 Å². The maximum atomic E-state index is 6.48. The van der Waals surface area contributed by atoms with Crippen molar-refractivity contribution in [3.8, 4) is 22.5 Å². The van der Waals surface area contributed by atoms with Gasteiger partial charge < -0.3 is 0 Å². The maximum absolute atomic E-state index is 6.48. The van der Waals surface area contributed by atoms with E-state index in [9.17, 15) is 0 Å². The van der Waals surface area contributed by atoms with Gasteiger partial charge in [0.25, 0.3) is 0 Å². The average molecular weight is 503 g/mol. The number of fused-ring (bicyclic) bond motifs is 6. The van der Waals surface area contributed by atoms with Gasteiger partial charge in [0.1, 0.15) is 0 Å². The molecular formula is C30H16Cl2N4. The first-order valence-electron chi connectivity index (χ1n) is 11.4. The van der Waals surface area contributed by atoms with Crippen molar-refractivity contribution in [2.24, 2.45) is 0 Å². The quantitative estimate of drug-likeness (QED) is 0.222. The minimum atomic E-state index is 0.674. The van der Waals surface area contributed by atoms with Crippen molar-refractivity contribution in [1.29, 1.82) is 0 Å². The summed E-state index contributed by atoms with van der Waals surface area (Å²) in [6.45, 7) is 0. The molecular weight excluding hydrogens is 487 g/mol. The van der Waals surface area contributed by atoms with Crippen molar-refractivity contribution in [3.63, 3.8) is 0 Å². The fraction of sp³-hybridized carbons (Fsp3) is 0. The Kier molecular flexibility index (Phi) is 4.84. The Morgan fingerprint density at radius 2 is 0.972 bits per heavy atom. The molecule has 3 aromatic carbocycles. The van der Waals surface area contributed by atoms with E-state index in [0.717, 1.165) is 66.1 Å². The fourth-order valence-corrected chi connectivity index (χ4v) is 5.25. The van der Waals surface area contributed by atoms with Crippen LogP contribution in [-0.2, 0) is 0 Å². The summed E-state index contributed by atoms with van der Waals surface area (Å²) < 4.78 is 0. The van der Waals surface area contributed by atoms with Gasteiger partial charge in [0.2, 0.25) is 0 Å². The number of rotatable bonds is 2. The number of pyridine rings is 4. The van der Waals surface area contributed by atoms with Gasteiger partial charge in [-0.15, -0.1) is 0 Å². The van der Waals surface area contributed by atoms with Crippen LogP contribution in [0.3, 0.4) is 0 Å². The van der Waals surface area contributed by atoms with Crippen molar-refractivity contribution >= 4 is 66.8 Å². The van der Waals surface area contributed by atoms with Crippen molar-refractivity contribution in [1.82, 2.24) is 19.9 Å². The van der Waals surface area contributed by atoms with Crippen molar-refractivity contribution in [3.05, 3.63) is 107 Å². The number of aromatic nitrogens is 4. The zero-order chi connectivity index (χ0) is 24.2. The Morgan fingerprint density at radius 3 is 1.47 bits per heavy atom. The predicted octanol–water partition coefficient (Wildman–Crippen LogP) is 8.52. The highest BCUT2D eigenvalue weighted by molar-refractivity contribution is 6.37. The summed E-state index contributed by atoms with van der Waals surface area (Å²) in [7, 11) is 0. The summed E-state index contributed by atoms with van der Waals surface area (Å²) in [5.41, 5.74) is 6.97. The molecule has 0 aliphatic heterocycles. The van der Waals surface area contributed by atoms with Gasteiger partial charge in [0.05, 0.1) is 43.5 Å². The number of benzene rings is 3. The van der Waals surface area contributed by atoms with Gasteiger partial charge in [-0.3, -0.25) is 9.97 Å². The van der Waals surface area contributed by atoms with Crippen LogP contribution < -0.4 is 0 Å². The second kappa shape index (κ2) is 8.23. The Hall–Kier alpha value is -4.12. The largest absolute Gasteiger partial charge is 0.254 e. The first-order chi connectivity index (χ1) is 17.7. The lowest BCUT2D eigenvalue weighted by atomic mass is 10.0. The Balaban J connectivity index is 1.38. The van der Waals surface area contributed by atoms with Gasteiger partial charge in [-0.1, -0.05) is 53.5 Å². The lowest BCUT2D eigenvalue weighted by molar-refractivity contribution is 1.36. The van der Waals surface area contributed by atoms with E-state index in [1.54, 1.807) is 12.4 Å². The molecule has 0 radical (unpaired) electrons. The lowest BCUT2D eigenvalue weighted by Gasteiger charge is -2.10. The number of halogens is 2. The molecule has 6 heteroatoms. The topological polar surface area (TPSA) is 51.6 Å². The van der Waals surface area contributed by atoms with Crippen LogP contribution in [0.2, 0.25) is 10.0 Å². The van der Waals surface area contributed by atoms with Gasteiger partial charge in [-0.05, 0) is 54.6 Å². The smallest absolute Gasteiger partial charge is 0.0979 e. The van der Waals surface area contributed by atoms with E-state index in [-0.39, 0.29) is 0 Å². The van der Waals surface area contributed by atoms with Crippen molar-refractivity contribution in [2.75, 3.05) is 0 Å². The summed E-state index contributed by atoms with van der Waals surface area (Å²) in [4.78, 5) is 19.1. The number of hydrogen-bond donors (Lipinski definition) is 0. The molecule has 170 valence electrons. The minimum absolute atomic E-state index is 0.674. The van der Waals surface area contributed by atoms with E-state index in [2.05, 4.69) is 28.2 Å². The van der Waals surface area contributed by atoms with E-state index >= 15 is 0 Å². The van der Waals surface area contributed by atoms with Gasteiger partial charge in [-0.2, -0.15) is 0 Å². The molecule has 0 saturated carbocycles. The fourth-order valence-electron chi connectivity index (χ4n) is 4.71. The Morgan fingerprint density at radius 1 is 0.472 bits per heavy atom. The van der Waals surface area contributed by atoms with Crippen LogP contribution in [0.5, 0.6) is 0 Å². The average Bonchev–Trinajstić information content (AvgIpc) is 2.93. The first kappa shape index (κ1) is 21.2. The molecule has 4 nitrogen and oxygen atoms in total. The van der Waals surface area contributed by atoms with Crippen LogP contribution in [-0.4, -0.2) is 19.9 Å². The molecule has 0 atom stereocenters. The van der Waals surface area contributed by atoms with Crippen LogP contribution in [0.15, 0.2) is 97.3 Å². The first-order valence-corrected chi connectivity index (χ1v) is 12.2. The number of hydrogen-bond acceptors (Lipinski definition) is 4. The van der Waals surface area contributed by atoms with Crippen LogP contribution in [0.4, 0.5) is 0 Å². The zero-order valence-corrected chi connectivity index (χ0v) is 20.3. The van der Waals surface area contributed by atoms with E-state index in [1.165, 1.54) is 0 Å². The molecule has 0 spiro atoms. The molecule has 0 saturated heterocycles. The van der Waals surface area contributed by atoms with E-state index in [1.807, 2.05) is 66.7 Å². The molecule has 0 bridgehead atoms. The van der Waals surface area contributed by atoms with Crippen LogP contribution >= 0.6 is 23.2 Å². The molecule has 0 aliphatic rings. The van der Waals surface area contributed by atoms with E-state index < -0.39 is 0 Å². The summed E-state index contributed by atoms with van der Waals surface area (Å²) >= 11 is 13.0. The molecule has 7 rings (SSSR count). The molecule has 0 aliphatic carbocycles. The summed E-state index contributed by atoms with van der Waals surface area (Å²) in [6, 6.07) is 28.0. The van der Waals surface area contributed by atoms with Gasteiger partial charge in [0, 0.05) is 45.1 Å². The maximum Gasteiger partial charge on any atom is 0.0979 e. The number of nitrogens with zero attached hydrogens (tertiary/aromatic N) is 4. The van der Waals surface area contributed by atoms with E-state index in [4.69, 9.17) is 33.2 Å². The highest BCUT2D eigenvalue weighted by Crippen LogP contribution is 2.34. The van der Waals surface area contributed by atoms with Crippen LogP contribution in [0.1, 0.15) is 0 Å². The third-order valence-corrected chi connectivity index (χ3v) is 7.08. The standard InChI is InChI=1S/C30H16Cl2N4/c31-23-15-19-8-10-25(35-27(19)29-21(23)6-2-12-33-29)17-4-1-5-18(14-17)26-11-9-20-16-24(32)22-7-3-13-34-30(22)28(20)36-26/h1-16H. The zero-order valence-electron chi connectivity index (χ0n) is 18.8. The molecule has 0 unspecified atom stereocenters. The molecule has 0 amide bonds. The second-order valence-corrected chi connectivity index (χ2v) is 9.45. The minimum Gasteiger partial charge on any atom is -0.254 e. The SMILES string of the molecule is Clc1cc2ccc(-c3cccc(-c4ccc5cc(Cl)c6cccnc6c5n4)c3)nc2c2ncccc12. The van der Waals surface area contributed by atoms with Gasteiger partial charge in [0.15, 0.2) is 0 Å². The highest BCUT2D eigenvalue weighted by atomic mass is 35.5. The second-order valence-electron chi connectivity index (χ2n) is 8.63. The van der Waals surface area contributed by atoms with E-state index in [0.29, 0.717) is 10.0 Å². The molecule has 36 heavy (non-hydrogen) atoms. The summed E-state index contributed by atoms with van der Waals surface area (Å²) in [5, 5.41) is 5.05. The monoisotopic (exact) mass is 502 g/mol. The normalized spacial score (nSPS) is 11.6. The molecule has 4 aromatic heterocycles. The summed E-state index contributed by atoms with van der Waals surface area (Å²) in [6.07, 6.45) is 3.54. The Labute approximate surface area is 216 Å². The van der Waals surface area contributed by atoms with Crippen molar-refractivity contribution < 1.29 is 0 Å². The molecule has 7 aromatic rings. The summed E-state index contributed by atoms with van der Waals surface area (Å²) in [5.74, 6) is 0. The van der Waals surface area contributed by atoms with Crippen molar-refractivity contribution in [2.45, 2.75) is 0 Å². The predicted molar refractivity (Wildman–Crippen MR) is 149 cm³/mol.